The van der Waals surface area contributed by atoms with Crippen molar-refractivity contribution in [1.82, 2.24) is 0 Å². The molecule has 0 saturated carbocycles. The zero-order valence-electron chi connectivity index (χ0n) is 12.9. The fourth-order valence-corrected chi connectivity index (χ4v) is 3.48. The van der Waals surface area contributed by atoms with Crippen molar-refractivity contribution < 1.29 is 8.78 Å². The Labute approximate surface area is 140 Å². The number of halogens is 2. The van der Waals surface area contributed by atoms with Crippen LogP contribution in [0, 0.1) is 17.6 Å². The highest BCUT2D eigenvalue weighted by Gasteiger charge is 2.21. The fourth-order valence-electron chi connectivity index (χ4n) is 3.39. The van der Waals surface area contributed by atoms with E-state index in [2.05, 4.69) is 36.3 Å². The average Bonchev–Trinajstić information content (AvgIpc) is 2.92. The molecular weight excluding hydrogens is 312 g/mol. The lowest BCUT2D eigenvalue weighted by Crippen LogP contribution is -1.97. The van der Waals surface area contributed by atoms with Crippen LogP contribution in [-0.4, -0.2) is 5.16 Å². The Hall–Kier alpha value is -1.90. The molecule has 0 aliphatic heterocycles. The first-order valence-electron chi connectivity index (χ1n) is 7.81. The number of isothiocyanates is 1. The van der Waals surface area contributed by atoms with Crippen LogP contribution in [0.25, 0.3) is 11.1 Å². The second-order valence-corrected chi connectivity index (χ2v) is 6.22. The standard InChI is InChI=1S/C19H17F2NS/c1-2-3-12-6-13-4-5-14(8-15(13)7-12)16-9-17(20)19(22-11-23)18(21)10-16/h4-5,8-10,12H,2-3,6-7H2,1H3. The minimum atomic E-state index is -0.721. The SMILES string of the molecule is CCCC1Cc2ccc(-c3cc(F)c(N=C=S)c(F)c3)cc2C1. The van der Waals surface area contributed by atoms with Gasteiger partial charge in [0.15, 0.2) is 11.6 Å². The Morgan fingerprint density at radius 1 is 1.09 bits per heavy atom. The Morgan fingerprint density at radius 3 is 2.43 bits per heavy atom. The molecule has 1 unspecified atom stereocenters. The molecule has 0 spiro atoms. The van der Waals surface area contributed by atoms with Gasteiger partial charge in [-0.1, -0.05) is 38.0 Å². The van der Waals surface area contributed by atoms with Crippen LogP contribution in [0.1, 0.15) is 30.9 Å². The van der Waals surface area contributed by atoms with Crippen molar-refractivity contribution in [2.75, 3.05) is 0 Å². The van der Waals surface area contributed by atoms with Gasteiger partial charge in [-0.15, -0.1) is 0 Å². The fraction of sp³-hybridized carbons (Fsp3) is 0.316. The molecule has 0 aromatic heterocycles. The highest BCUT2D eigenvalue weighted by atomic mass is 32.1. The molecule has 0 bridgehead atoms. The van der Waals surface area contributed by atoms with Gasteiger partial charge in [-0.2, -0.15) is 4.99 Å². The molecule has 0 amide bonds. The van der Waals surface area contributed by atoms with Crippen molar-refractivity contribution in [3.63, 3.8) is 0 Å². The molecule has 0 fully saturated rings. The molecule has 2 aromatic rings. The second kappa shape index (κ2) is 6.69. The summed E-state index contributed by atoms with van der Waals surface area (Å²) in [6.45, 7) is 2.20. The van der Waals surface area contributed by atoms with Crippen molar-refractivity contribution in [3.05, 3.63) is 53.1 Å². The van der Waals surface area contributed by atoms with Crippen LogP contribution in [0.15, 0.2) is 35.3 Å². The van der Waals surface area contributed by atoms with Crippen molar-refractivity contribution in [2.24, 2.45) is 10.9 Å². The van der Waals surface area contributed by atoms with Crippen LogP contribution in [0.3, 0.4) is 0 Å². The summed E-state index contributed by atoms with van der Waals surface area (Å²) in [5.74, 6) is -0.749. The third kappa shape index (κ3) is 3.24. The Balaban J connectivity index is 1.95. The number of nitrogens with zero attached hydrogens (tertiary/aromatic N) is 1. The molecule has 0 radical (unpaired) electrons. The predicted octanol–water partition coefficient (Wildman–Crippen LogP) is 5.88. The van der Waals surface area contributed by atoms with E-state index >= 15 is 0 Å². The summed E-state index contributed by atoms with van der Waals surface area (Å²) in [4.78, 5) is 3.44. The van der Waals surface area contributed by atoms with Gasteiger partial charge in [-0.05, 0) is 65.4 Å². The Kier molecular flexibility index (Phi) is 4.65. The van der Waals surface area contributed by atoms with E-state index in [1.165, 1.54) is 36.1 Å². The van der Waals surface area contributed by atoms with Crippen LogP contribution >= 0.6 is 12.2 Å². The van der Waals surface area contributed by atoms with Crippen LogP contribution in [0.5, 0.6) is 0 Å². The maximum Gasteiger partial charge on any atom is 0.153 e. The molecule has 2 aromatic carbocycles. The number of aliphatic imine (C=N–C) groups is 1. The number of benzene rings is 2. The molecule has 4 heteroatoms. The van der Waals surface area contributed by atoms with E-state index in [1.807, 2.05) is 11.2 Å². The minimum absolute atomic E-state index is 0.382. The van der Waals surface area contributed by atoms with Gasteiger partial charge in [0.2, 0.25) is 0 Å². The first kappa shape index (κ1) is 16.0. The number of hydrogen-bond acceptors (Lipinski definition) is 2. The Morgan fingerprint density at radius 2 is 1.78 bits per heavy atom. The molecule has 23 heavy (non-hydrogen) atoms. The molecular formula is C19H17F2NS. The molecule has 0 saturated heterocycles. The van der Waals surface area contributed by atoms with E-state index in [1.54, 1.807) is 0 Å². The number of rotatable bonds is 4. The zero-order valence-corrected chi connectivity index (χ0v) is 13.7. The molecule has 1 atom stereocenters. The first-order valence-corrected chi connectivity index (χ1v) is 8.22. The van der Waals surface area contributed by atoms with Crippen molar-refractivity contribution in [1.29, 1.82) is 0 Å². The highest BCUT2D eigenvalue weighted by Crippen LogP contribution is 2.34. The van der Waals surface area contributed by atoms with Crippen LogP contribution < -0.4 is 0 Å². The van der Waals surface area contributed by atoms with Gasteiger partial charge in [0, 0.05) is 0 Å². The summed E-state index contributed by atoms with van der Waals surface area (Å²) in [6, 6.07) is 8.67. The maximum atomic E-state index is 14.0. The van der Waals surface area contributed by atoms with Crippen LogP contribution in [0.2, 0.25) is 0 Å². The van der Waals surface area contributed by atoms with Gasteiger partial charge in [-0.25, -0.2) is 8.78 Å². The molecule has 1 aliphatic rings. The average molecular weight is 329 g/mol. The predicted molar refractivity (Wildman–Crippen MR) is 92.3 cm³/mol. The summed E-state index contributed by atoms with van der Waals surface area (Å²) >= 11 is 4.42. The van der Waals surface area contributed by atoms with Gasteiger partial charge in [-0.3, -0.25) is 0 Å². The lowest BCUT2D eigenvalue weighted by atomic mass is 9.99. The number of thiocarbonyl (C=S) groups is 1. The lowest BCUT2D eigenvalue weighted by molar-refractivity contribution is 0.507. The normalized spacial score (nSPS) is 16.0. The molecule has 3 rings (SSSR count). The summed E-state index contributed by atoms with van der Waals surface area (Å²) in [5.41, 5.74) is 3.62. The van der Waals surface area contributed by atoms with Gasteiger partial charge in [0.05, 0.1) is 5.16 Å². The van der Waals surface area contributed by atoms with E-state index in [-0.39, 0.29) is 5.69 Å². The van der Waals surface area contributed by atoms with E-state index in [0.29, 0.717) is 11.5 Å². The molecule has 118 valence electrons. The van der Waals surface area contributed by atoms with Crippen molar-refractivity contribution in [3.8, 4) is 11.1 Å². The van der Waals surface area contributed by atoms with Crippen molar-refractivity contribution >= 4 is 23.1 Å². The third-order valence-electron chi connectivity index (χ3n) is 4.43. The summed E-state index contributed by atoms with van der Waals surface area (Å²) in [5, 5.41) is 2.00. The second-order valence-electron chi connectivity index (χ2n) is 6.04. The largest absolute Gasteiger partial charge is 0.204 e. The van der Waals surface area contributed by atoms with Gasteiger partial charge >= 0.3 is 0 Å². The van der Waals surface area contributed by atoms with Gasteiger partial charge in [0.25, 0.3) is 0 Å². The minimum Gasteiger partial charge on any atom is -0.204 e. The topological polar surface area (TPSA) is 12.4 Å². The van der Waals surface area contributed by atoms with Crippen LogP contribution in [-0.2, 0) is 12.8 Å². The highest BCUT2D eigenvalue weighted by molar-refractivity contribution is 7.78. The zero-order chi connectivity index (χ0) is 16.4. The smallest absolute Gasteiger partial charge is 0.153 e. The summed E-state index contributed by atoms with van der Waals surface area (Å²) in [7, 11) is 0. The van der Waals surface area contributed by atoms with Crippen LogP contribution in [0.4, 0.5) is 14.5 Å². The first-order chi connectivity index (χ1) is 11.1. The van der Waals surface area contributed by atoms with Crippen molar-refractivity contribution in [2.45, 2.75) is 32.6 Å². The molecule has 1 aliphatic carbocycles. The number of fused-ring (bicyclic) bond motifs is 1. The summed E-state index contributed by atoms with van der Waals surface area (Å²) in [6.07, 6.45) is 4.56. The molecule has 1 nitrogen and oxygen atoms in total. The van der Waals surface area contributed by atoms with E-state index < -0.39 is 11.6 Å². The van der Waals surface area contributed by atoms with E-state index in [0.717, 1.165) is 18.4 Å². The maximum absolute atomic E-state index is 14.0. The third-order valence-corrected chi connectivity index (χ3v) is 4.52. The van der Waals surface area contributed by atoms with Gasteiger partial charge < -0.3 is 0 Å². The van der Waals surface area contributed by atoms with Gasteiger partial charge in [0.1, 0.15) is 5.69 Å². The number of hydrogen-bond donors (Lipinski definition) is 0. The van der Waals surface area contributed by atoms with E-state index in [9.17, 15) is 8.78 Å². The lowest BCUT2D eigenvalue weighted by Gasteiger charge is -2.07. The Bertz CT molecular complexity index is 771. The molecule has 0 heterocycles. The molecule has 0 N–H and O–H groups in total. The summed E-state index contributed by atoms with van der Waals surface area (Å²) < 4.78 is 28.0. The van der Waals surface area contributed by atoms with E-state index in [4.69, 9.17) is 0 Å². The quantitative estimate of drug-likeness (QED) is 0.504. The monoisotopic (exact) mass is 329 g/mol.